The molecule has 18 heavy (non-hydrogen) atoms. The molecule has 0 unspecified atom stereocenters. The molecule has 1 aromatic heterocycles. The van der Waals surface area contributed by atoms with E-state index in [1.807, 2.05) is 19.2 Å². The third-order valence-corrected chi connectivity index (χ3v) is 2.79. The number of aliphatic imine (C=N–C) groups is 1. The Bertz CT molecular complexity index is 419. The minimum Gasteiger partial charge on any atom is -0.477 e. The molecule has 0 saturated carbocycles. The van der Waals surface area contributed by atoms with Crippen molar-refractivity contribution >= 4 is 5.96 Å². The highest BCUT2D eigenvalue weighted by Crippen LogP contribution is 2.14. The van der Waals surface area contributed by atoms with Gasteiger partial charge in [0.1, 0.15) is 0 Å². The molecule has 0 fully saturated rings. The van der Waals surface area contributed by atoms with Gasteiger partial charge in [0.15, 0.2) is 5.96 Å². The zero-order valence-electron chi connectivity index (χ0n) is 11.0. The van der Waals surface area contributed by atoms with Crippen LogP contribution in [0.15, 0.2) is 23.3 Å². The van der Waals surface area contributed by atoms with Gasteiger partial charge in [-0.2, -0.15) is 0 Å². The third kappa shape index (κ3) is 3.12. The Morgan fingerprint density at radius 3 is 3.11 bits per heavy atom. The van der Waals surface area contributed by atoms with Gasteiger partial charge in [-0.15, -0.1) is 0 Å². The van der Waals surface area contributed by atoms with Crippen LogP contribution in [0.3, 0.4) is 0 Å². The van der Waals surface area contributed by atoms with E-state index in [9.17, 15) is 0 Å². The van der Waals surface area contributed by atoms with E-state index in [0.29, 0.717) is 19.0 Å². The van der Waals surface area contributed by atoms with Crippen LogP contribution < -0.4 is 10.1 Å². The molecule has 1 N–H and O–H groups in total. The first-order valence-corrected chi connectivity index (χ1v) is 6.37. The first-order chi connectivity index (χ1) is 8.81. The predicted octanol–water partition coefficient (Wildman–Crippen LogP) is 1.26. The average molecular weight is 248 g/mol. The number of pyridine rings is 1. The summed E-state index contributed by atoms with van der Waals surface area (Å²) in [7, 11) is 2.04. The van der Waals surface area contributed by atoms with Crippen LogP contribution in [0.1, 0.15) is 18.9 Å². The maximum atomic E-state index is 5.62. The fourth-order valence-electron chi connectivity index (χ4n) is 1.79. The molecule has 5 heteroatoms. The number of guanidine groups is 1. The fraction of sp³-hybridized carbons (Fsp3) is 0.538. The Hall–Kier alpha value is -1.78. The number of likely N-dealkylation sites (N-methyl/N-ethyl adjacent to an activating group) is 1. The summed E-state index contributed by atoms with van der Waals surface area (Å²) in [5.74, 6) is 1.66. The summed E-state index contributed by atoms with van der Waals surface area (Å²) in [5, 5.41) is 3.32. The first kappa shape index (κ1) is 12.7. The smallest absolute Gasteiger partial charge is 0.218 e. The lowest BCUT2D eigenvalue weighted by Gasteiger charge is -2.16. The van der Waals surface area contributed by atoms with Gasteiger partial charge in [0.05, 0.1) is 13.2 Å². The van der Waals surface area contributed by atoms with E-state index in [0.717, 1.165) is 31.0 Å². The maximum Gasteiger partial charge on any atom is 0.218 e. The molecule has 0 saturated heterocycles. The Kier molecular flexibility index (Phi) is 4.39. The van der Waals surface area contributed by atoms with E-state index in [2.05, 4.69) is 27.1 Å². The second-order valence-electron chi connectivity index (χ2n) is 4.30. The molecular formula is C13H20N4O. The second kappa shape index (κ2) is 6.23. The van der Waals surface area contributed by atoms with Gasteiger partial charge in [-0.05, 0) is 12.5 Å². The van der Waals surface area contributed by atoms with Crippen molar-refractivity contribution in [3.05, 3.63) is 23.9 Å². The summed E-state index contributed by atoms with van der Waals surface area (Å²) in [6.45, 7) is 5.32. The summed E-state index contributed by atoms with van der Waals surface area (Å²) in [6, 6.07) is 3.95. The summed E-state index contributed by atoms with van der Waals surface area (Å²) >= 11 is 0. The maximum absolute atomic E-state index is 5.62. The van der Waals surface area contributed by atoms with Gasteiger partial charge in [0, 0.05) is 31.9 Å². The van der Waals surface area contributed by atoms with Crippen LogP contribution in [-0.4, -0.2) is 42.6 Å². The Morgan fingerprint density at radius 2 is 2.39 bits per heavy atom. The molecule has 0 atom stereocenters. The monoisotopic (exact) mass is 248 g/mol. The highest BCUT2D eigenvalue weighted by Gasteiger charge is 2.12. The van der Waals surface area contributed by atoms with Crippen molar-refractivity contribution in [2.45, 2.75) is 19.9 Å². The standard InChI is InChI=1S/C13H20N4O/c1-3-9-18-12-11(5-4-6-14-12)10-16-13-15-7-8-17(13)2/h4-6H,3,7-10H2,1-2H3,(H,15,16). The van der Waals surface area contributed by atoms with Gasteiger partial charge in [0.2, 0.25) is 5.88 Å². The normalized spacial score (nSPS) is 14.6. The molecule has 0 spiro atoms. The largest absolute Gasteiger partial charge is 0.477 e. The molecule has 2 rings (SSSR count). The predicted molar refractivity (Wildman–Crippen MR) is 71.8 cm³/mol. The van der Waals surface area contributed by atoms with Crippen molar-refractivity contribution in [2.75, 3.05) is 26.7 Å². The summed E-state index contributed by atoms with van der Waals surface area (Å²) in [5.41, 5.74) is 1.06. The molecule has 0 amide bonds. The first-order valence-electron chi connectivity index (χ1n) is 6.37. The lowest BCUT2D eigenvalue weighted by atomic mass is 10.2. The van der Waals surface area contributed by atoms with Crippen molar-refractivity contribution in [2.24, 2.45) is 4.99 Å². The molecule has 2 heterocycles. The van der Waals surface area contributed by atoms with Crippen LogP contribution in [0.4, 0.5) is 0 Å². The van der Waals surface area contributed by atoms with E-state index in [1.54, 1.807) is 6.20 Å². The topological polar surface area (TPSA) is 49.8 Å². The van der Waals surface area contributed by atoms with Gasteiger partial charge >= 0.3 is 0 Å². The van der Waals surface area contributed by atoms with Crippen molar-refractivity contribution in [1.29, 1.82) is 0 Å². The minimum atomic E-state index is 0.691. The minimum absolute atomic E-state index is 0.691. The summed E-state index contributed by atoms with van der Waals surface area (Å²) in [6.07, 6.45) is 2.74. The number of rotatable bonds is 5. The van der Waals surface area contributed by atoms with Crippen molar-refractivity contribution in [3.63, 3.8) is 0 Å². The van der Waals surface area contributed by atoms with Crippen LogP contribution in [0.25, 0.3) is 0 Å². The van der Waals surface area contributed by atoms with Crippen LogP contribution >= 0.6 is 0 Å². The zero-order chi connectivity index (χ0) is 12.8. The van der Waals surface area contributed by atoms with Crippen molar-refractivity contribution in [1.82, 2.24) is 15.2 Å². The molecule has 1 aliphatic heterocycles. The van der Waals surface area contributed by atoms with E-state index in [-0.39, 0.29) is 0 Å². The Labute approximate surface area is 108 Å². The van der Waals surface area contributed by atoms with Gasteiger partial charge < -0.3 is 15.0 Å². The van der Waals surface area contributed by atoms with E-state index < -0.39 is 0 Å². The number of nitrogens with zero attached hydrogens (tertiary/aromatic N) is 3. The third-order valence-electron chi connectivity index (χ3n) is 2.79. The summed E-state index contributed by atoms with van der Waals surface area (Å²) < 4.78 is 5.62. The molecule has 0 aliphatic carbocycles. The van der Waals surface area contributed by atoms with E-state index >= 15 is 0 Å². The van der Waals surface area contributed by atoms with E-state index in [4.69, 9.17) is 4.74 Å². The number of hydrogen-bond acceptors (Lipinski definition) is 5. The lowest BCUT2D eigenvalue weighted by Crippen LogP contribution is -2.35. The molecule has 5 nitrogen and oxygen atoms in total. The molecule has 98 valence electrons. The number of aromatic nitrogens is 1. The highest BCUT2D eigenvalue weighted by atomic mass is 16.5. The molecule has 1 aliphatic rings. The number of hydrogen-bond donors (Lipinski definition) is 1. The average Bonchev–Trinajstić information content (AvgIpc) is 2.80. The van der Waals surface area contributed by atoms with Crippen LogP contribution in [0, 0.1) is 0 Å². The van der Waals surface area contributed by atoms with Crippen molar-refractivity contribution < 1.29 is 4.74 Å². The molecule has 0 aromatic carbocycles. The van der Waals surface area contributed by atoms with Crippen LogP contribution in [-0.2, 0) is 6.54 Å². The molecule has 0 radical (unpaired) electrons. The van der Waals surface area contributed by atoms with Crippen LogP contribution in [0.2, 0.25) is 0 Å². The highest BCUT2D eigenvalue weighted by molar-refractivity contribution is 5.81. The van der Waals surface area contributed by atoms with Crippen LogP contribution in [0.5, 0.6) is 5.88 Å². The molecule has 1 aromatic rings. The lowest BCUT2D eigenvalue weighted by molar-refractivity contribution is 0.301. The second-order valence-corrected chi connectivity index (χ2v) is 4.30. The zero-order valence-corrected chi connectivity index (χ0v) is 11.0. The Balaban J connectivity index is 1.96. The fourth-order valence-corrected chi connectivity index (χ4v) is 1.79. The van der Waals surface area contributed by atoms with Gasteiger partial charge in [-0.3, -0.25) is 4.99 Å². The Morgan fingerprint density at radius 1 is 1.50 bits per heavy atom. The van der Waals surface area contributed by atoms with Gasteiger partial charge in [-0.1, -0.05) is 13.0 Å². The number of ether oxygens (including phenoxy) is 1. The quantitative estimate of drug-likeness (QED) is 0.852. The molecular weight excluding hydrogens is 228 g/mol. The van der Waals surface area contributed by atoms with Gasteiger partial charge in [0.25, 0.3) is 0 Å². The van der Waals surface area contributed by atoms with E-state index in [1.165, 1.54) is 0 Å². The van der Waals surface area contributed by atoms with Gasteiger partial charge in [-0.25, -0.2) is 4.98 Å². The molecule has 0 bridgehead atoms. The van der Waals surface area contributed by atoms with Crippen molar-refractivity contribution in [3.8, 4) is 5.88 Å². The number of nitrogens with one attached hydrogen (secondary N) is 1. The SMILES string of the molecule is CCCOc1ncccc1CNC1=NCCN1C. The summed E-state index contributed by atoms with van der Waals surface area (Å²) in [4.78, 5) is 10.8.